The Kier molecular flexibility index (Phi) is 4.27. The monoisotopic (exact) mass is 287 g/mol. The third-order valence-electron chi connectivity index (χ3n) is 3.39. The number of hydrogen-bond donors (Lipinski definition) is 2. The molecule has 1 fully saturated rings. The van der Waals surface area contributed by atoms with E-state index in [1.807, 2.05) is 0 Å². The van der Waals surface area contributed by atoms with Crippen LogP contribution >= 0.6 is 11.6 Å². The van der Waals surface area contributed by atoms with E-state index in [1.165, 1.54) is 17.0 Å². The maximum absolute atomic E-state index is 13.3. The maximum Gasteiger partial charge on any atom is 0.407 e. The van der Waals surface area contributed by atoms with Crippen molar-refractivity contribution >= 4 is 17.7 Å². The Labute approximate surface area is 115 Å². The smallest absolute Gasteiger partial charge is 0.407 e. The molecule has 1 aromatic rings. The lowest BCUT2D eigenvalue weighted by molar-refractivity contribution is 0.0284. The summed E-state index contributed by atoms with van der Waals surface area (Å²) in [4.78, 5) is 12.4. The van der Waals surface area contributed by atoms with Crippen molar-refractivity contribution in [1.82, 2.24) is 4.90 Å². The number of aliphatic hydroxyl groups is 1. The van der Waals surface area contributed by atoms with Crippen molar-refractivity contribution in [3.8, 4) is 0 Å². The molecule has 1 aliphatic heterocycles. The van der Waals surface area contributed by atoms with Crippen molar-refractivity contribution in [3.63, 3.8) is 0 Å². The van der Waals surface area contributed by atoms with Gasteiger partial charge in [0.15, 0.2) is 0 Å². The second-order valence-electron chi connectivity index (χ2n) is 4.69. The van der Waals surface area contributed by atoms with Crippen LogP contribution in [0.1, 0.15) is 30.9 Å². The molecule has 0 aromatic heterocycles. The van der Waals surface area contributed by atoms with Crippen molar-refractivity contribution < 1.29 is 19.4 Å². The second-order valence-corrected chi connectivity index (χ2v) is 5.12. The quantitative estimate of drug-likeness (QED) is 0.879. The number of piperidine rings is 1. The molecule has 0 bridgehead atoms. The summed E-state index contributed by atoms with van der Waals surface area (Å²) >= 11 is 5.75. The van der Waals surface area contributed by atoms with Gasteiger partial charge >= 0.3 is 6.09 Å². The first-order valence-electron chi connectivity index (χ1n) is 6.12. The molecule has 1 aromatic carbocycles. The van der Waals surface area contributed by atoms with Crippen molar-refractivity contribution in [1.29, 1.82) is 0 Å². The van der Waals surface area contributed by atoms with E-state index in [1.54, 1.807) is 0 Å². The standard InChI is InChI=1S/C13H15ClFNO3/c14-9-5-8(6-10(15)7-9)12(17)11-3-1-2-4-16(11)13(18)19/h5-7,11-12,17H,1-4H2,(H,18,19)/t11-,12-/m0/s1. The fourth-order valence-corrected chi connectivity index (χ4v) is 2.72. The van der Waals surface area contributed by atoms with Crippen LogP contribution in [-0.4, -0.2) is 33.8 Å². The van der Waals surface area contributed by atoms with E-state index in [4.69, 9.17) is 16.7 Å². The predicted octanol–water partition coefficient (Wildman–Crippen LogP) is 3.05. The van der Waals surface area contributed by atoms with Gasteiger partial charge in [-0.3, -0.25) is 0 Å². The Morgan fingerprint density at radius 1 is 1.42 bits per heavy atom. The van der Waals surface area contributed by atoms with E-state index in [-0.39, 0.29) is 5.02 Å². The Morgan fingerprint density at radius 3 is 2.79 bits per heavy atom. The van der Waals surface area contributed by atoms with Gasteiger partial charge < -0.3 is 15.1 Å². The van der Waals surface area contributed by atoms with Gasteiger partial charge in [-0.15, -0.1) is 0 Å². The lowest BCUT2D eigenvalue weighted by atomic mass is 9.93. The normalized spacial score (nSPS) is 21.2. The Bertz CT molecular complexity index is 463. The molecule has 1 saturated heterocycles. The fraction of sp³-hybridized carbons (Fsp3) is 0.462. The number of nitrogens with zero attached hydrogens (tertiary/aromatic N) is 1. The van der Waals surface area contributed by atoms with Crippen LogP contribution in [0.4, 0.5) is 9.18 Å². The van der Waals surface area contributed by atoms with Crippen molar-refractivity contribution in [2.45, 2.75) is 31.4 Å². The molecule has 0 spiro atoms. The molecule has 2 rings (SSSR count). The van der Waals surface area contributed by atoms with Gasteiger partial charge in [-0.1, -0.05) is 11.6 Å². The SMILES string of the molecule is O=C(O)N1CCCC[C@H]1[C@@H](O)c1cc(F)cc(Cl)c1. The van der Waals surface area contributed by atoms with Gasteiger partial charge in [0.1, 0.15) is 5.82 Å². The summed E-state index contributed by atoms with van der Waals surface area (Å²) in [5.74, 6) is -0.542. The van der Waals surface area contributed by atoms with Crippen LogP contribution in [0, 0.1) is 5.82 Å². The average Bonchev–Trinajstić information content (AvgIpc) is 2.36. The highest BCUT2D eigenvalue weighted by Gasteiger charge is 2.33. The summed E-state index contributed by atoms with van der Waals surface area (Å²) in [6.45, 7) is 0.389. The van der Waals surface area contributed by atoms with E-state index in [0.29, 0.717) is 18.5 Å². The molecule has 1 amide bonds. The number of aliphatic hydroxyl groups excluding tert-OH is 1. The molecule has 4 nitrogen and oxygen atoms in total. The number of carboxylic acid groups (broad SMARTS) is 1. The summed E-state index contributed by atoms with van der Waals surface area (Å²) in [7, 11) is 0. The minimum Gasteiger partial charge on any atom is -0.465 e. The largest absolute Gasteiger partial charge is 0.465 e. The Morgan fingerprint density at radius 2 is 2.16 bits per heavy atom. The zero-order chi connectivity index (χ0) is 14.0. The number of amides is 1. The van der Waals surface area contributed by atoms with Crippen LogP contribution in [0.2, 0.25) is 5.02 Å². The zero-order valence-corrected chi connectivity index (χ0v) is 11.0. The lowest BCUT2D eigenvalue weighted by Gasteiger charge is -2.36. The molecule has 2 N–H and O–H groups in total. The molecule has 6 heteroatoms. The number of rotatable bonds is 2. The van der Waals surface area contributed by atoms with E-state index in [2.05, 4.69) is 0 Å². The van der Waals surface area contributed by atoms with Crippen molar-refractivity contribution in [2.24, 2.45) is 0 Å². The molecule has 0 unspecified atom stereocenters. The van der Waals surface area contributed by atoms with Gasteiger partial charge in [0.25, 0.3) is 0 Å². The number of benzene rings is 1. The van der Waals surface area contributed by atoms with Crippen molar-refractivity contribution in [2.75, 3.05) is 6.54 Å². The first kappa shape index (κ1) is 14.1. The summed E-state index contributed by atoms with van der Waals surface area (Å²) in [5, 5.41) is 19.6. The molecular formula is C13H15ClFNO3. The molecule has 104 valence electrons. The van der Waals surface area contributed by atoms with Gasteiger partial charge in [-0.05, 0) is 43.0 Å². The van der Waals surface area contributed by atoms with Crippen LogP contribution < -0.4 is 0 Å². The fourth-order valence-electron chi connectivity index (χ4n) is 2.49. The topological polar surface area (TPSA) is 60.8 Å². The minimum absolute atomic E-state index is 0.187. The van der Waals surface area contributed by atoms with E-state index in [9.17, 15) is 14.3 Å². The summed E-state index contributed by atoms with van der Waals surface area (Å²) < 4.78 is 13.3. The first-order valence-corrected chi connectivity index (χ1v) is 6.50. The molecule has 0 saturated carbocycles. The maximum atomic E-state index is 13.3. The van der Waals surface area contributed by atoms with E-state index < -0.39 is 24.1 Å². The molecule has 19 heavy (non-hydrogen) atoms. The summed E-state index contributed by atoms with van der Waals surface area (Å²) in [5.41, 5.74) is 0.308. The average molecular weight is 288 g/mol. The molecule has 1 heterocycles. The summed E-state index contributed by atoms with van der Waals surface area (Å²) in [6.07, 6.45) is 0.0473. The van der Waals surface area contributed by atoms with Crippen LogP contribution in [0.25, 0.3) is 0 Å². The third kappa shape index (κ3) is 3.16. The van der Waals surface area contributed by atoms with Crippen LogP contribution in [0.3, 0.4) is 0 Å². The first-order chi connectivity index (χ1) is 8.99. The van der Waals surface area contributed by atoms with Gasteiger partial charge in [-0.25, -0.2) is 9.18 Å². The lowest BCUT2D eigenvalue weighted by Crippen LogP contribution is -2.46. The van der Waals surface area contributed by atoms with Crippen molar-refractivity contribution in [3.05, 3.63) is 34.6 Å². The molecule has 0 aliphatic carbocycles. The molecule has 2 atom stereocenters. The number of carbonyl (C=O) groups is 1. The molecule has 0 radical (unpaired) electrons. The van der Waals surface area contributed by atoms with Crippen LogP contribution in [-0.2, 0) is 0 Å². The number of likely N-dealkylation sites (tertiary alicyclic amines) is 1. The molecule has 1 aliphatic rings. The van der Waals surface area contributed by atoms with E-state index >= 15 is 0 Å². The third-order valence-corrected chi connectivity index (χ3v) is 3.60. The number of hydrogen-bond acceptors (Lipinski definition) is 2. The minimum atomic E-state index is -1.07. The van der Waals surface area contributed by atoms with Crippen LogP contribution in [0.15, 0.2) is 18.2 Å². The van der Waals surface area contributed by atoms with Gasteiger partial charge in [0, 0.05) is 11.6 Å². The molecular weight excluding hydrogens is 273 g/mol. The van der Waals surface area contributed by atoms with Gasteiger partial charge in [0.2, 0.25) is 0 Å². The van der Waals surface area contributed by atoms with E-state index in [0.717, 1.165) is 18.9 Å². The number of halogens is 2. The predicted molar refractivity (Wildman–Crippen MR) is 68.7 cm³/mol. The highest BCUT2D eigenvalue weighted by atomic mass is 35.5. The Balaban J connectivity index is 2.25. The highest BCUT2D eigenvalue weighted by molar-refractivity contribution is 6.30. The van der Waals surface area contributed by atoms with Gasteiger partial charge in [0.05, 0.1) is 12.1 Å². The Hall–Kier alpha value is -1.33. The summed E-state index contributed by atoms with van der Waals surface area (Å²) in [6, 6.07) is 3.24. The van der Waals surface area contributed by atoms with Gasteiger partial charge in [-0.2, -0.15) is 0 Å². The zero-order valence-electron chi connectivity index (χ0n) is 10.2. The second kappa shape index (κ2) is 5.75. The highest BCUT2D eigenvalue weighted by Crippen LogP contribution is 2.30. The van der Waals surface area contributed by atoms with Crippen LogP contribution in [0.5, 0.6) is 0 Å².